The second-order valence-corrected chi connectivity index (χ2v) is 3.88. The van der Waals surface area contributed by atoms with Crippen LogP contribution in [0.2, 0.25) is 5.02 Å². The highest BCUT2D eigenvalue weighted by atomic mass is 79.9. The Labute approximate surface area is 86.1 Å². The summed E-state index contributed by atoms with van der Waals surface area (Å²) in [6, 6.07) is 5.73. The molecule has 1 aromatic rings. The molecule has 1 rings (SSSR count). The first-order valence-corrected chi connectivity index (χ1v) is 4.73. The van der Waals surface area contributed by atoms with E-state index in [1.165, 1.54) is 0 Å². The van der Waals surface area contributed by atoms with Crippen molar-refractivity contribution in [2.45, 2.75) is 12.8 Å². The summed E-state index contributed by atoms with van der Waals surface area (Å²) in [5.74, 6) is 2.72. The number of benzene rings is 1. The van der Waals surface area contributed by atoms with Crippen LogP contribution in [0, 0.1) is 12.3 Å². The average Bonchev–Trinajstić information content (AvgIpc) is 2.03. The Kier molecular flexibility index (Phi) is 3.20. The normalized spacial score (nSPS) is 12.2. The van der Waals surface area contributed by atoms with E-state index in [1.807, 2.05) is 25.1 Å². The van der Waals surface area contributed by atoms with Gasteiger partial charge < -0.3 is 0 Å². The smallest absolute Gasteiger partial charge is 0.0461 e. The third-order valence-electron chi connectivity index (χ3n) is 1.68. The molecule has 0 nitrogen and oxygen atoms in total. The van der Waals surface area contributed by atoms with Gasteiger partial charge in [0.05, 0.1) is 0 Å². The van der Waals surface area contributed by atoms with E-state index in [0.717, 1.165) is 15.1 Å². The van der Waals surface area contributed by atoms with Gasteiger partial charge in [0.1, 0.15) is 0 Å². The maximum atomic E-state index is 5.98. The van der Waals surface area contributed by atoms with Gasteiger partial charge in [-0.3, -0.25) is 0 Å². The summed E-state index contributed by atoms with van der Waals surface area (Å²) < 4.78 is 0.973. The summed E-state index contributed by atoms with van der Waals surface area (Å²) in [7, 11) is 0. The van der Waals surface area contributed by atoms with E-state index < -0.39 is 0 Å². The first-order chi connectivity index (χ1) is 5.65. The minimum atomic E-state index is 0.0746. The van der Waals surface area contributed by atoms with E-state index in [4.69, 9.17) is 18.0 Å². The molecule has 0 amide bonds. The molecule has 0 aliphatic carbocycles. The van der Waals surface area contributed by atoms with Crippen LogP contribution < -0.4 is 0 Å². The largest absolute Gasteiger partial charge is 0.119 e. The summed E-state index contributed by atoms with van der Waals surface area (Å²) in [6.07, 6.45) is 5.29. The molecule has 0 aliphatic heterocycles. The molecule has 62 valence electrons. The fraction of sp³-hybridized carbons (Fsp3) is 0.200. The van der Waals surface area contributed by atoms with Crippen LogP contribution in [0.3, 0.4) is 0 Å². The first kappa shape index (κ1) is 9.64. The molecule has 0 saturated heterocycles. The van der Waals surface area contributed by atoms with Crippen molar-refractivity contribution in [3.63, 3.8) is 0 Å². The summed E-state index contributed by atoms with van der Waals surface area (Å²) in [4.78, 5) is 0. The van der Waals surface area contributed by atoms with Crippen molar-refractivity contribution in [2.75, 3.05) is 0 Å². The van der Waals surface area contributed by atoms with Crippen molar-refractivity contribution in [1.82, 2.24) is 0 Å². The monoisotopic (exact) mass is 242 g/mol. The Morgan fingerprint density at radius 1 is 1.58 bits per heavy atom. The van der Waals surface area contributed by atoms with Crippen LogP contribution in [-0.4, -0.2) is 0 Å². The predicted octanol–water partition coefficient (Wildman–Crippen LogP) is 3.84. The number of hydrogen-bond donors (Lipinski definition) is 0. The van der Waals surface area contributed by atoms with Crippen molar-refractivity contribution in [1.29, 1.82) is 0 Å². The van der Waals surface area contributed by atoms with Crippen LogP contribution in [-0.2, 0) is 0 Å². The molecule has 0 N–H and O–H groups in total. The molecule has 0 fully saturated rings. The molecular formula is C10H8BrCl. The third-order valence-corrected chi connectivity index (χ3v) is 2.50. The highest BCUT2D eigenvalue weighted by Crippen LogP contribution is 2.26. The third kappa shape index (κ3) is 2.03. The van der Waals surface area contributed by atoms with Crippen LogP contribution in [0.25, 0.3) is 0 Å². The second-order valence-electron chi connectivity index (χ2n) is 2.55. The van der Waals surface area contributed by atoms with Crippen LogP contribution in [0.1, 0.15) is 18.4 Å². The molecule has 0 radical (unpaired) electrons. The Hall–Kier alpha value is -0.450. The highest BCUT2D eigenvalue weighted by molar-refractivity contribution is 9.10. The van der Waals surface area contributed by atoms with Gasteiger partial charge in [-0.1, -0.05) is 39.5 Å². The van der Waals surface area contributed by atoms with E-state index >= 15 is 0 Å². The summed E-state index contributed by atoms with van der Waals surface area (Å²) in [6.45, 7) is 1.95. The Balaban J connectivity index is 3.11. The van der Waals surface area contributed by atoms with Gasteiger partial charge in [-0.2, -0.15) is 0 Å². The van der Waals surface area contributed by atoms with Crippen molar-refractivity contribution in [2.24, 2.45) is 0 Å². The van der Waals surface area contributed by atoms with E-state index in [-0.39, 0.29) is 5.92 Å². The molecule has 0 bridgehead atoms. The van der Waals surface area contributed by atoms with Crippen molar-refractivity contribution in [3.05, 3.63) is 33.3 Å². The lowest BCUT2D eigenvalue weighted by atomic mass is 10.0. The number of hydrogen-bond acceptors (Lipinski definition) is 0. The zero-order valence-corrected chi connectivity index (χ0v) is 8.98. The van der Waals surface area contributed by atoms with Gasteiger partial charge in [0.25, 0.3) is 0 Å². The minimum Gasteiger partial charge on any atom is -0.119 e. The zero-order valence-electron chi connectivity index (χ0n) is 6.64. The SMILES string of the molecule is C#CC(C)c1ccc(Br)cc1Cl. The van der Waals surface area contributed by atoms with Gasteiger partial charge in [-0.05, 0) is 24.6 Å². The molecule has 0 heterocycles. The number of terminal acetylenes is 1. The number of halogens is 2. The van der Waals surface area contributed by atoms with Crippen molar-refractivity contribution in [3.8, 4) is 12.3 Å². The summed E-state index contributed by atoms with van der Waals surface area (Å²) in [5, 5.41) is 0.717. The van der Waals surface area contributed by atoms with Crippen LogP contribution >= 0.6 is 27.5 Å². The van der Waals surface area contributed by atoms with Gasteiger partial charge in [0.2, 0.25) is 0 Å². The van der Waals surface area contributed by atoms with E-state index in [9.17, 15) is 0 Å². The lowest BCUT2D eigenvalue weighted by Gasteiger charge is -2.06. The van der Waals surface area contributed by atoms with Gasteiger partial charge in [-0.25, -0.2) is 0 Å². The van der Waals surface area contributed by atoms with E-state index in [2.05, 4.69) is 21.9 Å². The van der Waals surface area contributed by atoms with Gasteiger partial charge in [0.15, 0.2) is 0 Å². The Morgan fingerprint density at radius 2 is 2.25 bits per heavy atom. The molecule has 1 unspecified atom stereocenters. The molecule has 0 aliphatic rings. The topological polar surface area (TPSA) is 0 Å². The second kappa shape index (κ2) is 3.98. The zero-order chi connectivity index (χ0) is 9.14. The lowest BCUT2D eigenvalue weighted by molar-refractivity contribution is 1.01. The van der Waals surface area contributed by atoms with Gasteiger partial charge in [0, 0.05) is 15.4 Å². The van der Waals surface area contributed by atoms with Crippen LogP contribution in [0.4, 0.5) is 0 Å². The predicted molar refractivity (Wildman–Crippen MR) is 56.4 cm³/mol. The van der Waals surface area contributed by atoms with Gasteiger partial charge >= 0.3 is 0 Å². The average molecular weight is 244 g/mol. The highest BCUT2D eigenvalue weighted by Gasteiger charge is 2.06. The summed E-state index contributed by atoms with van der Waals surface area (Å²) in [5.41, 5.74) is 1.00. The van der Waals surface area contributed by atoms with Crippen LogP contribution in [0.5, 0.6) is 0 Å². The molecule has 1 aromatic carbocycles. The van der Waals surface area contributed by atoms with E-state index in [1.54, 1.807) is 0 Å². The van der Waals surface area contributed by atoms with Crippen molar-refractivity contribution < 1.29 is 0 Å². The summed E-state index contributed by atoms with van der Waals surface area (Å²) >= 11 is 9.31. The quantitative estimate of drug-likeness (QED) is 0.658. The molecule has 0 aromatic heterocycles. The molecule has 2 heteroatoms. The van der Waals surface area contributed by atoms with Gasteiger partial charge in [-0.15, -0.1) is 6.42 Å². The minimum absolute atomic E-state index is 0.0746. The lowest BCUT2D eigenvalue weighted by Crippen LogP contribution is -1.89. The van der Waals surface area contributed by atoms with Crippen molar-refractivity contribution >= 4 is 27.5 Å². The molecule has 12 heavy (non-hydrogen) atoms. The fourth-order valence-corrected chi connectivity index (χ4v) is 1.78. The number of rotatable bonds is 1. The first-order valence-electron chi connectivity index (χ1n) is 3.56. The standard InChI is InChI=1S/C10H8BrCl/c1-3-7(2)9-5-4-8(11)6-10(9)12/h1,4-7H,2H3. The Bertz CT molecular complexity index is 325. The molecule has 1 atom stereocenters. The molecular weight excluding hydrogens is 235 g/mol. The van der Waals surface area contributed by atoms with E-state index in [0.29, 0.717) is 0 Å². The fourth-order valence-electron chi connectivity index (χ4n) is 0.942. The molecule has 0 saturated carbocycles. The maximum absolute atomic E-state index is 5.98. The Morgan fingerprint density at radius 3 is 2.75 bits per heavy atom. The maximum Gasteiger partial charge on any atom is 0.0461 e. The molecule has 0 spiro atoms. The van der Waals surface area contributed by atoms with Crippen LogP contribution in [0.15, 0.2) is 22.7 Å².